The van der Waals surface area contributed by atoms with Crippen molar-refractivity contribution in [3.8, 4) is 89.0 Å². The molecule has 0 bridgehead atoms. The number of benzene rings is 22. The van der Waals surface area contributed by atoms with Gasteiger partial charge in [0.15, 0.2) is 0 Å². The molecule has 0 saturated heterocycles. The first-order valence-electron chi connectivity index (χ1n) is 49.5. The Bertz CT molecular complexity index is 8620. The summed E-state index contributed by atoms with van der Waals surface area (Å²) in [7, 11) is 0. The highest BCUT2D eigenvalue weighted by Crippen LogP contribution is 2.69. The lowest BCUT2D eigenvalue weighted by Gasteiger charge is -2.35. The third kappa shape index (κ3) is 12.5. The average molecular weight is 1810 g/mol. The molecular weight excluding hydrogens is 1710 g/mol. The summed E-state index contributed by atoms with van der Waals surface area (Å²) in [4.78, 5) is 9.92. The summed E-state index contributed by atoms with van der Waals surface area (Å²) in [5.74, 6) is 0. The zero-order valence-corrected chi connectivity index (χ0v) is 78.8. The van der Waals surface area contributed by atoms with E-state index in [-0.39, 0.29) is 5.41 Å². The SMILES string of the molecule is CC1(C)c2ccccc2-c2ccc(N(c3ccccc3-c3ccccc3)c3cccc4c3-c3ccccc3C43c4ccccc4-c4ccc(N(c5ccccc5)c5ccccc5-c5ccccc5)cc43)cc21.c1ccc(N(c2ccccc2)c2ccc3c(c2)C2(c4ccccc4-3)c3ccccc3-c3c(N(c4ccccc4)c4ccc5c(c4)C(c4ccccc4)(c4ccccc4)c4ccccc4-5)cccc32)cc1. The van der Waals surface area contributed by atoms with Crippen molar-refractivity contribution in [3.05, 3.63) is 624 Å². The molecule has 0 radical (unpaired) electrons. The quantitative estimate of drug-likeness (QED) is 0.0956. The summed E-state index contributed by atoms with van der Waals surface area (Å²) in [6.07, 6.45) is 0. The van der Waals surface area contributed by atoms with Crippen LogP contribution in [0.15, 0.2) is 546 Å². The Balaban J connectivity index is 0.000000142. The Morgan fingerprint density at radius 1 is 0.134 bits per heavy atom. The van der Waals surface area contributed by atoms with Crippen molar-refractivity contribution in [1.29, 1.82) is 0 Å². The summed E-state index contributed by atoms with van der Waals surface area (Å²) in [5, 5.41) is 0. The van der Waals surface area contributed by atoms with Gasteiger partial charge in [-0.3, -0.25) is 0 Å². The summed E-state index contributed by atoms with van der Waals surface area (Å²) >= 11 is 0. The predicted molar refractivity (Wildman–Crippen MR) is 590 cm³/mol. The van der Waals surface area contributed by atoms with E-state index in [9.17, 15) is 0 Å². The molecule has 0 saturated carbocycles. The highest BCUT2D eigenvalue weighted by molar-refractivity contribution is 6.07. The van der Waals surface area contributed by atoms with Gasteiger partial charge in [0, 0.05) is 73.2 Å². The lowest BCUT2D eigenvalue weighted by molar-refractivity contribution is 0.660. The minimum Gasteiger partial charge on any atom is -0.310 e. The maximum atomic E-state index is 2.56. The van der Waals surface area contributed by atoms with Crippen LogP contribution in [-0.4, -0.2) is 0 Å². The molecular formula is C138H96N4. The van der Waals surface area contributed by atoms with Gasteiger partial charge >= 0.3 is 0 Å². The molecule has 0 heterocycles. The van der Waals surface area contributed by atoms with Gasteiger partial charge in [-0.2, -0.15) is 0 Å². The first-order valence-corrected chi connectivity index (χ1v) is 49.5. The summed E-state index contributed by atoms with van der Waals surface area (Å²) in [5.41, 5.74) is 49.7. The molecule has 6 aliphatic rings. The van der Waals surface area contributed by atoms with Crippen molar-refractivity contribution in [2.75, 3.05) is 19.6 Å². The number of hydrogen-bond donors (Lipinski definition) is 0. The van der Waals surface area contributed by atoms with E-state index in [1.54, 1.807) is 0 Å². The summed E-state index contributed by atoms with van der Waals surface area (Å²) in [6.45, 7) is 4.76. The Kier molecular flexibility index (Phi) is 19.7. The van der Waals surface area contributed by atoms with Crippen molar-refractivity contribution in [2.45, 2.75) is 35.5 Å². The third-order valence-corrected chi connectivity index (χ3v) is 31.2. The van der Waals surface area contributed by atoms with Gasteiger partial charge in [-0.15, -0.1) is 0 Å². The minimum absolute atomic E-state index is 0.175. The van der Waals surface area contributed by atoms with Crippen LogP contribution >= 0.6 is 0 Å². The smallest absolute Gasteiger partial charge is 0.0727 e. The second kappa shape index (κ2) is 33.5. The minimum atomic E-state index is -0.614. The Morgan fingerprint density at radius 3 is 0.761 bits per heavy atom. The first kappa shape index (κ1) is 83.4. The van der Waals surface area contributed by atoms with E-state index in [4.69, 9.17) is 0 Å². The fourth-order valence-electron chi connectivity index (χ4n) is 25.4. The molecule has 22 aromatic carbocycles. The van der Waals surface area contributed by atoms with E-state index in [0.29, 0.717) is 0 Å². The molecule has 0 aliphatic heterocycles. The molecule has 2 atom stereocenters. The molecule has 28 rings (SSSR count). The van der Waals surface area contributed by atoms with Crippen LogP contribution in [0.4, 0.5) is 68.2 Å². The van der Waals surface area contributed by atoms with Gasteiger partial charge in [0.2, 0.25) is 0 Å². The molecule has 668 valence electrons. The zero-order chi connectivity index (χ0) is 94.2. The van der Waals surface area contributed by atoms with Crippen LogP contribution in [0.5, 0.6) is 0 Å². The van der Waals surface area contributed by atoms with Crippen LogP contribution in [0.1, 0.15) is 91.7 Å². The van der Waals surface area contributed by atoms with E-state index < -0.39 is 16.2 Å². The Morgan fingerprint density at radius 2 is 0.366 bits per heavy atom. The van der Waals surface area contributed by atoms with E-state index in [1.807, 2.05) is 0 Å². The highest BCUT2D eigenvalue weighted by Gasteiger charge is 2.56. The van der Waals surface area contributed by atoms with E-state index in [0.717, 1.165) is 68.2 Å². The number of rotatable bonds is 16. The van der Waals surface area contributed by atoms with Gasteiger partial charge in [0.25, 0.3) is 0 Å². The normalized spacial score (nSPS) is 15.0. The molecule has 0 aromatic heterocycles. The van der Waals surface area contributed by atoms with Crippen LogP contribution in [-0.2, 0) is 21.7 Å². The van der Waals surface area contributed by atoms with Crippen LogP contribution in [0, 0.1) is 0 Å². The molecule has 4 nitrogen and oxygen atoms in total. The van der Waals surface area contributed by atoms with Gasteiger partial charge in [-0.1, -0.05) is 438 Å². The number of fused-ring (bicyclic) bond motifs is 26. The van der Waals surface area contributed by atoms with Crippen molar-refractivity contribution < 1.29 is 0 Å². The van der Waals surface area contributed by atoms with E-state index in [2.05, 4.69) is 579 Å². The molecule has 142 heavy (non-hydrogen) atoms. The average Bonchev–Trinajstić information content (AvgIpc) is 1.47. The molecule has 2 spiro atoms. The van der Waals surface area contributed by atoms with Gasteiger partial charge in [-0.05, 0) is 266 Å². The fraction of sp³-hybridized carbons (Fsp3) is 0.0435. The molecule has 6 aliphatic carbocycles. The van der Waals surface area contributed by atoms with Crippen LogP contribution in [0.25, 0.3) is 89.0 Å². The topological polar surface area (TPSA) is 13.0 Å². The van der Waals surface area contributed by atoms with E-state index >= 15 is 0 Å². The van der Waals surface area contributed by atoms with Gasteiger partial charge in [0.05, 0.1) is 39.0 Å². The number of para-hydroxylation sites is 6. The first-order chi connectivity index (χ1) is 70.3. The van der Waals surface area contributed by atoms with Crippen LogP contribution in [0.3, 0.4) is 0 Å². The maximum absolute atomic E-state index is 2.56. The largest absolute Gasteiger partial charge is 0.310 e. The summed E-state index contributed by atoms with van der Waals surface area (Å²) < 4.78 is 0. The van der Waals surface area contributed by atoms with Crippen molar-refractivity contribution in [2.24, 2.45) is 0 Å². The Hall–Kier alpha value is -18.0. The molecule has 0 amide bonds. The van der Waals surface area contributed by atoms with Crippen molar-refractivity contribution in [3.63, 3.8) is 0 Å². The zero-order valence-electron chi connectivity index (χ0n) is 78.8. The maximum Gasteiger partial charge on any atom is 0.0727 e. The number of anilines is 12. The van der Waals surface area contributed by atoms with E-state index in [1.165, 1.54) is 167 Å². The van der Waals surface area contributed by atoms with Crippen molar-refractivity contribution in [1.82, 2.24) is 0 Å². The molecule has 2 unspecified atom stereocenters. The van der Waals surface area contributed by atoms with Crippen LogP contribution in [0.2, 0.25) is 0 Å². The monoisotopic (exact) mass is 1810 g/mol. The van der Waals surface area contributed by atoms with Gasteiger partial charge < -0.3 is 19.6 Å². The lowest BCUT2D eigenvalue weighted by Crippen LogP contribution is -2.28. The van der Waals surface area contributed by atoms with Gasteiger partial charge in [0.1, 0.15) is 0 Å². The number of nitrogens with zero attached hydrogens (tertiary/aromatic N) is 4. The standard InChI is InChI=1S/C70H50N2.C68H46N2/c1-69(2)59-34-17-12-31-54(59)56-43-42-51(45-63(56)69)72(66-39-21-16-30-53(66)48-25-8-4-9-26-48)67-40-22-37-62-68(67)58-33-14-19-36-61(58)70(62)60-35-18-13-32-55(60)57-44-41-50(46-64(57)70)71(49-27-10-5-11-28-49)65-38-20-15-29-52(65)47-23-6-3-7-24-47;1-6-23-47(24-7-1)67(48-25-8-2-9-26-48)59-36-19-16-33-54(59)56-44-42-53(46-63(56)67)70(51-31-14-5-15-32-51)65-40-22-39-62-66(65)58-35-18-21-38-61(58)68(62)60-37-20-17-34-55(60)57-43-41-52(45-64(57)68)69(49-27-10-3-11-28-49)50-29-12-4-13-30-50/h3-46H,1-2H3;1-46H. The molecule has 4 heteroatoms. The lowest BCUT2D eigenvalue weighted by atomic mass is 9.67. The summed E-state index contributed by atoms with van der Waals surface area (Å²) in [6, 6.07) is 203. The molecule has 22 aromatic rings. The third-order valence-electron chi connectivity index (χ3n) is 31.2. The number of hydrogen-bond acceptors (Lipinski definition) is 4. The molecule has 0 fully saturated rings. The fourth-order valence-corrected chi connectivity index (χ4v) is 25.4. The second-order valence-corrected chi connectivity index (χ2v) is 38.6. The highest BCUT2D eigenvalue weighted by atomic mass is 15.2. The van der Waals surface area contributed by atoms with Crippen LogP contribution < -0.4 is 19.6 Å². The Labute approximate surface area is 830 Å². The second-order valence-electron chi connectivity index (χ2n) is 38.6. The van der Waals surface area contributed by atoms with Gasteiger partial charge in [-0.25, -0.2) is 0 Å². The predicted octanol–water partition coefficient (Wildman–Crippen LogP) is 35.9. The molecule has 0 N–H and O–H groups in total. The van der Waals surface area contributed by atoms with Crippen molar-refractivity contribution >= 4 is 68.2 Å².